The Morgan fingerprint density at radius 1 is 1.10 bits per heavy atom. The van der Waals surface area contributed by atoms with Crippen LogP contribution in [0.15, 0.2) is 42.5 Å². The van der Waals surface area contributed by atoms with Gasteiger partial charge in [0.1, 0.15) is 11.6 Å². The van der Waals surface area contributed by atoms with E-state index in [-0.39, 0.29) is 16.8 Å². The fourth-order valence-corrected chi connectivity index (χ4v) is 1.69. The maximum absolute atomic E-state index is 13.6. The number of anilines is 1. The van der Waals surface area contributed by atoms with Crippen LogP contribution in [-0.4, -0.2) is 24.1 Å². The summed E-state index contributed by atoms with van der Waals surface area (Å²) >= 11 is 0. The molecule has 5 nitrogen and oxygen atoms in total. The zero-order valence-corrected chi connectivity index (χ0v) is 11.1. The number of carboxylic acids is 1. The van der Waals surface area contributed by atoms with Crippen LogP contribution < -0.4 is 10.1 Å². The maximum Gasteiger partial charge on any atom is 0.335 e. The van der Waals surface area contributed by atoms with Crippen LogP contribution in [0.4, 0.5) is 10.1 Å². The van der Waals surface area contributed by atoms with Gasteiger partial charge in [0.25, 0.3) is 5.91 Å². The Hall–Kier alpha value is -2.89. The molecule has 0 atom stereocenters. The zero-order chi connectivity index (χ0) is 15.4. The van der Waals surface area contributed by atoms with Gasteiger partial charge < -0.3 is 15.2 Å². The van der Waals surface area contributed by atoms with E-state index in [9.17, 15) is 14.0 Å². The first-order valence-electron chi connectivity index (χ1n) is 5.99. The lowest BCUT2D eigenvalue weighted by atomic mass is 10.1. The van der Waals surface area contributed by atoms with Crippen LogP contribution >= 0.6 is 0 Å². The van der Waals surface area contributed by atoms with Crippen molar-refractivity contribution in [2.24, 2.45) is 0 Å². The predicted molar refractivity (Wildman–Crippen MR) is 74.3 cm³/mol. The molecule has 2 rings (SSSR count). The highest BCUT2D eigenvalue weighted by Gasteiger charge is 2.11. The number of hydrogen-bond donors (Lipinski definition) is 2. The second-order valence-electron chi connectivity index (χ2n) is 4.18. The lowest BCUT2D eigenvalue weighted by Crippen LogP contribution is -2.13. The molecule has 6 heteroatoms. The van der Waals surface area contributed by atoms with Gasteiger partial charge in [-0.3, -0.25) is 4.79 Å². The second-order valence-corrected chi connectivity index (χ2v) is 4.18. The molecule has 0 spiro atoms. The van der Waals surface area contributed by atoms with Gasteiger partial charge in [0, 0.05) is 11.6 Å². The van der Waals surface area contributed by atoms with E-state index in [0.29, 0.717) is 5.75 Å². The number of carboxylic acid groups (broad SMARTS) is 1. The van der Waals surface area contributed by atoms with Crippen LogP contribution in [0.25, 0.3) is 0 Å². The van der Waals surface area contributed by atoms with E-state index >= 15 is 0 Å². The number of halogens is 1. The Bertz CT molecular complexity index is 683. The summed E-state index contributed by atoms with van der Waals surface area (Å²) in [6.07, 6.45) is 0. The third-order valence-electron chi connectivity index (χ3n) is 2.82. The molecule has 108 valence electrons. The van der Waals surface area contributed by atoms with Crippen LogP contribution in [0.3, 0.4) is 0 Å². The highest BCUT2D eigenvalue weighted by atomic mass is 19.1. The molecule has 0 aliphatic heterocycles. The van der Waals surface area contributed by atoms with Crippen LogP contribution in [0.2, 0.25) is 0 Å². The lowest BCUT2D eigenvalue weighted by molar-refractivity contribution is 0.0696. The van der Waals surface area contributed by atoms with E-state index in [4.69, 9.17) is 9.84 Å². The summed E-state index contributed by atoms with van der Waals surface area (Å²) < 4.78 is 18.6. The van der Waals surface area contributed by atoms with Crippen molar-refractivity contribution in [1.29, 1.82) is 0 Å². The third kappa shape index (κ3) is 3.36. The summed E-state index contributed by atoms with van der Waals surface area (Å²) in [4.78, 5) is 22.7. The highest BCUT2D eigenvalue weighted by molar-refractivity contribution is 6.04. The molecule has 0 fully saturated rings. The van der Waals surface area contributed by atoms with Crippen molar-refractivity contribution in [3.05, 3.63) is 59.4 Å². The molecule has 2 N–H and O–H groups in total. The predicted octanol–water partition coefficient (Wildman–Crippen LogP) is 2.78. The Morgan fingerprint density at radius 2 is 1.71 bits per heavy atom. The number of aromatic carboxylic acids is 1. The molecule has 0 saturated heterocycles. The molecule has 0 aliphatic rings. The van der Waals surface area contributed by atoms with Gasteiger partial charge in [0.05, 0.1) is 18.4 Å². The number of hydrogen-bond acceptors (Lipinski definition) is 3. The summed E-state index contributed by atoms with van der Waals surface area (Å²) in [5, 5.41) is 11.2. The first-order chi connectivity index (χ1) is 10.0. The lowest BCUT2D eigenvalue weighted by Gasteiger charge is -2.08. The summed E-state index contributed by atoms with van der Waals surface area (Å²) in [5.41, 5.74) is 0.281. The number of ether oxygens (including phenoxy) is 1. The largest absolute Gasteiger partial charge is 0.497 e. The average Bonchev–Trinajstić information content (AvgIpc) is 2.49. The van der Waals surface area contributed by atoms with Crippen LogP contribution in [0.1, 0.15) is 20.7 Å². The molecule has 0 bridgehead atoms. The normalized spacial score (nSPS) is 10.0. The van der Waals surface area contributed by atoms with Crippen LogP contribution in [0, 0.1) is 5.82 Å². The SMILES string of the molecule is COc1ccc(F)c(NC(=O)c2ccc(C(=O)O)cc2)c1. The van der Waals surface area contributed by atoms with E-state index in [0.717, 1.165) is 0 Å². The first-order valence-corrected chi connectivity index (χ1v) is 5.99. The number of nitrogens with one attached hydrogen (secondary N) is 1. The number of amides is 1. The highest BCUT2D eigenvalue weighted by Crippen LogP contribution is 2.21. The maximum atomic E-state index is 13.6. The Morgan fingerprint density at radius 3 is 2.29 bits per heavy atom. The van der Waals surface area contributed by atoms with Gasteiger partial charge in [-0.1, -0.05) is 0 Å². The smallest absolute Gasteiger partial charge is 0.335 e. The van der Waals surface area contributed by atoms with Gasteiger partial charge in [-0.2, -0.15) is 0 Å². The Labute approximate surface area is 120 Å². The van der Waals surface area contributed by atoms with Crippen molar-refractivity contribution in [1.82, 2.24) is 0 Å². The summed E-state index contributed by atoms with van der Waals surface area (Å²) in [7, 11) is 1.43. The van der Waals surface area contributed by atoms with Crippen molar-refractivity contribution in [2.75, 3.05) is 12.4 Å². The molecular weight excluding hydrogens is 277 g/mol. The molecule has 2 aromatic rings. The second kappa shape index (κ2) is 6.04. The quantitative estimate of drug-likeness (QED) is 0.907. The van der Waals surface area contributed by atoms with E-state index in [1.807, 2.05) is 0 Å². The average molecular weight is 289 g/mol. The van der Waals surface area contributed by atoms with E-state index in [2.05, 4.69) is 5.32 Å². The van der Waals surface area contributed by atoms with Gasteiger partial charge in [-0.25, -0.2) is 9.18 Å². The molecule has 0 unspecified atom stereocenters. The summed E-state index contributed by atoms with van der Waals surface area (Å²) in [6, 6.07) is 9.31. The third-order valence-corrected chi connectivity index (χ3v) is 2.82. The number of carbonyl (C=O) groups excluding carboxylic acids is 1. The van der Waals surface area contributed by atoms with Crippen LogP contribution in [0.5, 0.6) is 5.75 Å². The van der Waals surface area contributed by atoms with Crippen molar-refractivity contribution in [3.8, 4) is 5.75 Å². The standard InChI is InChI=1S/C15H12FNO4/c1-21-11-6-7-12(16)13(8-11)17-14(18)9-2-4-10(5-3-9)15(19)20/h2-8H,1H3,(H,17,18)(H,19,20). The topological polar surface area (TPSA) is 75.6 Å². The molecule has 2 aromatic carbocycles. The molecule has 1 amide bonds. The molecule has 21 heavy (non-hydrogen) atoms. The fraction of sp³-hybridized carbons (Fsp3) is 0.0667. The molecule has 0 aromatic heterocycles. The first kappa shape index (κ1) is 14.5. The van der Waals surface area contributed by atoms with Gasteiger partial charge in [0.2, 0.25) is 0 Å². The summed E-state index contributed by atoms with van der Waals surface area (Å²) in [6.45, 7) is 0. The van der Waals surface area contributed by atoms with Gasteiger partial charge in [-0.05, 0) is 36.4 Å². The number of methoxy groups -OCH3 is 1. The molecule has 0 saturated carbocycles. The number of benzene rings is 2. The number of rotatable bonds is 4. The Balaban J connectivity index is 2.19. The minimum absolute atomic E-state index is 0.0124. The van der Waals surface area contributed by atoms with E-state index in [1.165, 1.54) is 49.6 Å². The minimum Gasteiger partial charge on any atom is -0.497 e. The van der Waals surface area contributed by atoms with E-state index in [1.54, 1.807) is 0 Å². The molecular formula is C15H12FNO4. The molecule has 0 aliphatic carbocycles. The van der Waals surface area contributed by atoms with E-state index < -0.39 is 17.7 Å². The Kier molecular flexibility index (Phi) is 4.18. The monoisotopic (exact) mass is 289 g/mol. The van der Waals surface area contributed by atoms with Crippen molar-refractivity contribution < 1.29 is 23.8 Å². The van der Waals surface area contributed by atoms with Crippen molar-refractivity contribution in [2.45, 2.75) is 0 Å². The summed E-state index contributed by atoms with van der Waals surface area (Å²) in [5.74, 6) is -1.81. The molecule has 0 heterocycles. The van der Waals surface area contributed by atoms with Gasteiger partial charge in [0.15, 0.2) is 0 Å². The van der Waals surface area contributed by atoms with Gasteiger partial charge >= 0.3 is 5.97 Å². The zero-order valence-electron chi connectivity index (χ0n) is 11.1. The van der Waals surface area contributed by atoms with Crippen LogP contribution in [-0.2, 0) is 0 Å². The number of carbonyl (C=O) groups is 2. The molecule has 0 radical (unpaired) electrons. The van der Waals surface area contributed by atoms with Gasteiger partial charge in [-0.15, -0.1) is 0 Å². The minimum atomic E-state index is -1.08. The van der Waals surface area contributed by atoms with Crippen molar-refractivity contribution in [3.63, 3.8) is 0 Å². The van der Waals surface area contributed by atoms with Crippen molar-refractivity contribution >= 4 is 17.6 Å². The fourth-order valence-electron chi connectivity index (χ4n) is 1.69.